The smallest absolute Gasteiger partial charge is 0.305 e. The predicted octanol–water partition coefficient (Wildman–Crippen LogP) is 2.03. The van der Waals surface area contributed by atoms with Crippen LogP contribution in [-0.2, 0) is 34.0 Å². The molecule has 2 aliphatic carbocycles. The van der Waals surface area contributed by atoms with Gasteiger partial charge in [0.2, 0.25) is 21.8 Å². The molecule has 246 valence electrons. The van der Waals surface area contributed by atoms with Gasteiger partial charge >= 0.3 is 5.97 Å². The third-order valence-corrected chi connectivity index (χ3v) is 11.4. The fourth-order valence-electron chi connectivity index (χ4n) is 7.00. The lowest BCUT2D eigenvalue weighted by Gasteiger charge is -2.36. The predicted molar refractivity (Wildman–Crippen MR) is 166 cm³/mol. The molecule has 2 aromatic rings. The molecule has 45 heavy (non-hydrogen) atoms. The van der Waals surface area contributed by atoms with Crippen molar-refractivity contribution in [2.75, 3.05) is 23.9 Å². The molecule has 3 N–H and O–H groups in total. The number of benzene rings is 1. The zero-order valence-electron chi connectivity index (χ0n) is 26.4. The topological polar surface area (TPSA) is 185 Å². The third-order valence-electron chi connectivity index (χ3n) is 9.94. The van der Waals surface area contributed by atoms with Gasteiger partial charge < -0.3 is 10.4 Å². The van der Waals surface area contributed by atoms with Crippen LogP contribution in [0.15, 0.2) is 30.6 Å². The van der Waals surface area contributed by atoms with Crippen molar-refractivity contribution in [3.63, 3.8) is 0 Å². The lowest BCUT2D eigenvalue weighted by atomic mass is 9.70. The number of carboxylic acid groups (broad SMARTS) is 1. The normalized spacial score (nSPS) is 22.0. The number of aliphatic carboxylic acids is 1. The Bertz CT molecular complexity index is 1600. The molecule has 1 heterocycles. The highest BCUT2D eigenvalue weighted by Crippen LogP contribution is 2.64. The molecule has 4 rings (SSSR count). The molecule has 2 amide bonds. The van der Waals surface area contributed by atoms with Crippen molar-refractivity contribution in [1.29, 1.82) is 0 Å². The van der Waals surface area contributed by atoms with Crippen molar-refractivity contribution in [2.24, 2.45) is 28.6 Å². The Morgan fingerprint density at radius 2 is 1.84 bits per heavy atom. The quantitative estimate of drug-likeness (QED) is 0.261. The first kappa shape index (κ1) is 34.2. The van der Waals surface area contributed by atoms with Crippen LogP contribution in [0.5, 0.6) is 0 Å². The second-order valence-electron chi connectivity index (χ2n) is 13.1. The van der Waals surface area contributed by atoms with Gasteiger partial charge in [-0.2, -0.15) is 0 Å². The van der Waals surface area contributed by atoms with E-state index in [4.69, 9.17) is 0 Å². The van der Waals surface area contributed by atoms with Crippen molar-refractivity contribution in [3.8, 4) is 0 Å². The van der Waals surface area contributed by atoms with E-state index in [0.29, 0.717) is 23.9 Å². The van der Waals surface area contributed by atoms with E-state index in [2.05, 4.69) is 15.0 Å². The summed E-state index contributed by atoms with van der Waals surface area (Å²) in [5.41, 5.74) is -0.128. The molecule has 4 atom stereocenters. The van der Waals surface area contributed by atoms with Crippen molar-refractivity contribution in [2.45, 2.75) is 72.8 Å². The maximum Gasteiger partial charge on any atom is 0.305 e. The molecule has 1 aromatic heterocycles. The number of hydrogen-bond donors (Lipinski definition) is 3. The Balaban J connectivity index is 1.43. The summed E-state index contributed by atoms with van der Waals surface area (Å²) in [6.07, 6.45) is 2.07. The van der Waals surface area contributed by atoms with E-state index in [1.807, 2.05) is 38.1 Å². The number of aromatic nitrogens is 2. The number of nitrogens with one attached hydrogen (secondary N) is 2. The van der Waals surface area contributed by atoms with Crippen LogP contribution in [0.3, 0.4) is 0 Å². The van der Waals surface area contributed by atoms with Crippen LogP contribution >= 0.6 is 0 Å². The number of para-hydroxylation sites is 2. The van der Waals surface area contributed by atoms with Gasteiger partial charge in [-0.1, -0.05) is 39.8 Å². The molecule has 0 spiro atoms. The highest BCUT2D eigenvalue weighted by Gasteiger charge is 2.65. The van der Waals surface area contributed by atoms with E-state index >= 15 is 0 Å². The average molecular weight is 646 g/mol. The lowest BCUT2D eigenvalue weighted by molar-refractivity contribution is -0.141. The standard InChI is InChI=1S/C31H43N5O8S/c1-6-35(36-18-32-22-9-7-8-10-24(22)36)27(39)14-21(19(2)3)29(42)34-23(15-28(40)41)25(37)16-33-45(43,44)17-31-12-11-20(13-26(31)38)30(31,4)5/h7-10,18-21,23,33H,6,11-17H2,1-5H3,(H,34,42)(H,40,41). The van der Waals surface area contributed by atoms with E-state index in [-0.39, 0.29) is 36.5 Å². The summed E-state index contributed by atoms with van der Waals surface area (Å²) in [4.78, 5) is 68.8. The second kappa shape index (κ2) is 13.0. The second-order valence-corrected chi connectivity index (χ2v) is 14.9. The van der Waals surface area contributed by atoms with E-state index in [9.17, 15) is 37.5 Å². The zero-order chi connectivity index (χ0) is 33.3. The molecular formula is C31H43N5O8S. The molecule has 1 aromatic carbocycles. The number of carbonyl (C=O) groups is 5. The van der Waals surface area contributed by atoms with Crippen LogP contribution in [-0.4, -0.2) is 77.4 Å². The van der Waals surface area contributed by atoms with E-state index in [0.717, 1.165) is 6.42 Å². The Labute approximate surface area is 263 Å². The number of Topliss-reactive ketones (excluding diaryl/α,β-unsaturated/α-hetero) is 2. The van der Waals surface area contributed by atoms with Crippen LogP contribution in [0.1, 0.15) is 66.7 Å². The van der Waals surface area contributed by atoms with E-state index in [1.54, 1.807) is 25.4 Å². The molecule has 0 radical (unpaired) electrons. The van der Waals surface area contributed by atoms with Crippen molar-refractivity contribution >= 4 is 50.4 Å². The largest absolute Gasteiger partial charge is 0.481 e. The maximum atomic E-state index is 13.4. The molecule has 2 saturated carbocycles. The molecule has 14 heteroatoms. The Kier molecular flexibility index (Phi) is 9.88. The van der Waals surface area contributed by atoms with Gasteiger partial charge in [0.05, 0.1) is 35.8 Å². The number of fused-ring (bicyclic) bond motifs is 3. The van der Waals surface area contributed by atoms with Crippen molar-refractivity contribution < 1.29 is 37.5 Å². The fraction of sp³-hybridized carbons (Fsp3) is 0.613. The lowest BCUT2D eigenvalue weighted by Crippen LogP contribution is -2.51. The molecule has 2 aliphatic rings. The zero-order valence-corrected chi connectivity index (χ0v) is 27.2. The first-order chi connectivity index (χ1) is 21.0. The van der Waals surface area contributed by atoms with Gasteiger partial charge in [0.25, 0.3) is 0 Å². The van der Waals surface area contributed by atoms with Crippen molar-refractivity contribution in [1.82, 2.24) is 19.7 Å². The van der Waals surface area contributed by atoms with Crippen molar-refractivity contribution in [3.05, 3.63) is 30.6 Å². The number of ketones is 2. The first-order valence-electron chi connectivity index (χ1n) is 15.3. The molecule has 13 nitrogen and oxygen atoms in total. The summed E-state index contributed by atoms with van der Waals surface area (Å²) in [5, 5.41) is 13.4. The van der Waals surface area contributed by atoms with Crippen LogP contribution < -0.4 is 15.0 Å². The number of rotatable bonds is 15. The van der Waals surface area contributed by atoms with Gasteiger partial charge in [-0.3, -0.25) is 24.0 Å². The summed E-state index contributed by atoms with van der Waals surface area (Å²) in [6.45, 7) is 8.61. The minimum Gasteiger partial charge on any atom is -0.481 e. The highest BCUT2D eigenvalue weighted by molar-refractivity contribution is 7.89. The number of carbonyl (C=O) groups excluding carboxylic acids is 4. The molecule has 2 fully saturated rings. The third kappa shape index (κ3) is 6.81. The number of hydrogen-bond acceptors (Lipinski definition) is 8. The van der Waals surface area contributed by atoms with Gasteiger partial charge in [-0.25, -0.2) is 27.8 Å². The van der Waals surface area contributed by atoms with Crippen LogP contribution in [0.4, 0.5) is 0 Å². The summed E-state index contributed by atoms with van der Waals surface area (Å²) in [6, 6.07) is 5.75. The number of carboxylic acids is 1. The van der Waals surface area contributed by atoms with Crippen LogP contribution in [0, 0.1) is 28.6 Å². The summed E-state index contributed by atoms with van der Waals surface area (Å²) < 4.78 is 30.0. The average Bonchev–Trinajstić information content (AvgIpc) is 3.54. The summed E-state index contributed by atoms with van der Waals surface area (Å²) in [5.74, 6) is -4.98. The maximum absolute atomic E-state index is 13.4. The summed E-state index contributed by atoms with van der Waals surface area (Å²) in [7, 11) is -4.10. The molecule has 0 saturated heterocycles. The Hall–Kier alpha value is -3.65. The van der Waals surface area contributed by atoms with Crippen LogP contribution in [0.25, 0.3) is 11.0 Å². The van der Waals surface area contributed by atoms with E-state index in [1.165, 1.54) is 11.3 Å². The number of amides is 2. The minimum atomic E-state index is -4.10. The molecule has 4 unspecified atom stereocenters. The molecule has 0 aliphatic heterocycles. The minimum absolute atomic E-state index is 0.0893. The molecule has 2 bridgehead atoms. The fourth-order valence-corrected chi connectivity index (χ4v) is 8.79. The monoisotopic (exact) mass is 645 g/mol. The number of sulfonamides is 1. The van der Waals surface area contributed by atoms with Gasteiger partial charge in [0.1, 0.15) is 12.1 Å². The van der Waals surface area contributed by atoms with Gasteiger partial charge in [0, 0.05) is 30.7 Å². The Morgan fingerprint density at radius 1 is 1.16 bits per heavy atom. The Morgan fingerprint density at radius 3 is 2.42 bits per heavy atom. The SMILES string of the molecule is CCN(C(=O)CC(C(=O)NC(CC(=O)O)C(=O)CNS(=O)(=O)CC12CCC(CC1=O)C2(C)C)C(C)C)n1cnc2ccccc21. The number of imidazole rings is 1. The highest BCUT2D eigenvalue weighted by atomic mass is 32.2. The van der Waals surface area contributed by atoms with E-state index < -0.39 is 69.2 Å². The molecular weight excluding hydrogens is 602 g/mol. The summed E-state index contributed by atoms with van der Waals surface area (Å²) >= 11 is 0. The van der Waals surface area contributed by atoms with Gasteiger partial charge in [-0.05, 0) is 49.1 Å². The van der Waals surface area contributed by atoms with Gasteiger partial charge in [0.15, 0.2) is 5.78 Å². The van der Waals surface area contributed by atoms with Gasteiger partial charge in [-0.15, -0.1) is 0 Å². The first-order valence-corrected chi connectivity index (χ1v) is 17.0. The van der Waals surface area contributed by atoms with Crippen LogP contribution in [0.2, 0.25) is 0 Å². The number of nitrogens with zero attached hydrogens (tertiary/aromatic N) is 3.